The van der Waals surface area contributed by atoms with Crippen molar-refractivity contribution < 1.29 is 0 Å². The second kappa shape index (κ2) is 6.32. The summed E-state index contributed by atoms with van der Waals surface area (Å²) in [5.74, 6) is 1.32. The lowest BCUT2D eigenvalue weighted by molar-refractivity contribution is 0.241. The molecule has 3 unspecified atom stereocenters. The summed E-state index contributed by atoms with van der Waals surface area (Å²) in [6.07, 6.45) is 2.66. The standard InChI is InChI=1S/C17H27NS/c1-13-15(11-8-12-19-13)18-16(17(2,3)4)14-9-6-5-7-10-14/h5-7,9-10,13,15-16,18H,8,11-12H2,1-4H3. The van der Waals surface area contributed by atoms with Crippen molar-refractivity contribution in [3.63, 3.8) is 0 Å². The highest BCUT2D eigenvalue weighted by Gasteiger charge is 2.31. The Morgan fingerprint density at radius 1 is 1.21 bits per heavy atom. The zero-order chi connectivity index (χ0) is 13.9. The number of benzene rings is 1. The first-order valence-corrected chi connectivity index (χ1v) is 8.46. The van der Waals surface area contributed by atoms with E-state index in [1.54, 1.807) is 0 Å². The molecule has 0 bridgehead atoms. The van der Waals surface area contributed by atoms with E-state index in [1.807, 2.05) is 0 Å². The van der Waals surface area contributed by atoms with Gasteiger partial charge in [-0.1, -0.05) is 58.0 Å². The molecule has 3 atom stereocenters. The fourth-order valence-electron chi connectivity index (χ4n) is 2.85. The summed E-state index contributed by atoms with van der Waals surface area (Å²) < 4.78 is 0. The summed E-state index contributed by atoms with van der Waals surface area (Å²) in [5.41, 5.74) is 1.65. The zero-order valence-electron chi connectivity index (χ0n) is 12.6. The van der Waals surface area contributed by atoms with Gasteiger partial charge in [-0.2, -0.15) is 11.8 Å². The van der Waals surface area contributed by atoms with Crippen LogP contribution in [-0.4, -0.2) is 17.0 Å². The van der Waals surface area contributed by atoms with Crippen LogP contribution in [0.15, 0.2) is 30.3 Å². The van der Waals surface area contributed by atoms with Crippen LogP contribution in [0.3, 0.4) is 0 Å². The van der Waals surface area contributed by atoms with E-state index < -0.39 is 0 Å². The molecule has 2 rings (SSSR count). The number of thioether (sulfide) groups is 1. The van der Waals surface area contributed by atoms with Gasteiger partial charge in [-0.25, -0.2) is 0 Å². The minimum Gasteiger partial charge on any atom is -0.306 e. The third-order valence-corrected chi connectivity index (χ3v) is 5.37. The predicted molar refractivity (Wildman–Crippen MR) is 86.7 cm³/mol. The van der Waals surface area contributed by atoms with Crippen molar-refractivity contribution in [3.05, 3.63) is 35.9 Å². The molecule has 1 aromatic carbocycles. The van der Waals surface area contributed by atoms with Crippen molar-refractivity contribution in [1.82, 2.24) is 5.32 Å². The van der Waals surface area contributed by atoms with Crippen LogP contribution < -0.4 is 5.32 Å². The van der Waals surface area contributed by atoms with E-state index in [9.17, 15) is 0 Å². The maximum absolute atomic E-state index is 3.94. The van der Waals surface area contributed by atoms with Gasteiger partial charge < -0.3 is 5.32 Å². The lowest BCUT2D eigenvalue weighted by Crippen LogP contribution is -2.45. The summed E-state index contributed by atoms with van der Waals surface area (Å²) in [5, 5.41) is 4.67. The van der Waals surface area contributed by atoms with E-state index in [2.05, 4.69) is 75.1 Å². The lowest BCUT2D eigenvalue weighted by atomic mass is 9.81. The van der Waals surface area contributed by atoms with Gasteiger partial charge >= 0.3 is 0 Å². The first kappa shape index (κ1) is 14.9. The Labute approximate surface area is 122 Å². The third kappa shape index (κ3) is 4.00. The van der Waals surface area contributed by atoms with E-state index in [0.29, 0.717) is 12.1 Å². The highest BCUT2D eigenvalue weighted by atomic mass is 32.2. The van der Waals surface area contributed by atoms with Gasteiger partial charge in [-0.15, -0.1) is 0 Å². The molecule has 0 aliphatic carbocycles. The zero-order valence-corrected chi connectivity index (χ0v) is 13.5. The molecule has 1 nitrogen and oxygen atoms in total. The summed E-state index contributed by atoms with van der Waals surface area (Å²) in [4.78, 5) is 0. The van der Waals surface area contributed by atoms with Crippen molar-refractivity contribution in [2.24, 2.45) is 5.41 Å². The molecule has 1 aromatic rings. The molecule has 0 aromatic heterocycles. The molecule has 0 saturated carbocycles. The van der Waals surface area contributed by atoms with Gasteiger partial charge in [0.15, 0.2) is 0 Å². The van der Waals surface area contributed by atoms with Crippen molar-refractivity contribution in [1.29, 1.82) is 0 Å². The summed E-state index contributed by atoms with van der Waals surface area (Å²) >= 11 is 2.11. The molecule has 1 fully saturated rings. The molecule has 1 N–H and O–H groups in total. The van der Waals surface area contributed by atoms with Crippen molar-refractivity contribution in [3.8, 4) is 0 Å². The largest absolute Gasteiger partial charge is 0.306 e. The summed E-state index contributed by atoms with van der Waals surface area (Å²) in [6, 6.07) is 12.0. The lowest BCUT2D eigenvalue weighted by Gasteiger charge is -2.39. The molecule has 0 radical (unpaired) electrons. The van der Waals surface area contributed by atoms with Gasteiger partial charge in [0.25, 0.3) is 0 Å². The van der Waals surface area contributed by atoms with Gasteiger partial charge in [0.05, 0.1) is 0 Å². The molecule has 19 heavy (non-hydrogen) atoms. The Bertz CT molecular complexity index is 382. The smallest absolute Gasteiger partial charge is 0.0371 e. The Kier molecular flexibility index (Phi) is 4.97. The van der Waals surface area contributed by atoms with Crippen LogP contribution in [0.2, 0.25) is 0 Å². The molecule has 106 valence electrons. The Morgan fingerprint density at radius 2 is 1.89 bits per heavy atom. The number of nitrogens with one attached hydrogen (secondary N) is 1. The van der Waals surface area contributed by atoms with Crippen molar-refractivity contribution >= 4 is 11.8 Å². The third-order valence-electron chi connectivity index (χ3n) is 3.99. The molecular formula is C17H27NS. The Morgan fingerprint density at radius 3 is 2.47 bits per heavy atom. The fourth-order valence-corrected chi connectivity index (χ4v) is 4.00. The van der Waals surface area contributed by atoms with Crippen LogP contribution in [0.1, 0.15) is 52.1 Å². The topological polar surface area (TPSA) is 12.0 Å². The highest BCUT2D eigenvalue weighted by Crippen LogP contribution is 2.35. The second-order valence-corrected chi connectivity index (χ2v) is 8.19. The molecule has 1 aliphatic rings. The number of hydrogen-bond acceptors (Lipinski definition) is 2. The number of hydrogen-bond donors (Lipinski definition) is 1. The van der Waals surface area contributed by atoms with E-state index >= 15 is 0 Å². The summed E-state index contributed by atoms with van der Waals surface area (Å²) in [6.45, 7) is 9.36. The van der Waals surface area contributed by atoms with Gasteiger partial charge in [-0.05, 0) is 29.6 Å². The predicted octanol–water partition coefficient (Wildman–Crippen LogP) is 4.65. The van der Waals surface area contributed by atoms with Crippen LogP contribution in [0, 0.1) is 5.41 Å². The molecule has 2 heteroatoms. The maximum atomic E-state index is 3.94. The molecule has 1 saturated heterocycles. The Hall–Kier alpha value is -0.470. The average molecular weight is 277 g/mol. The first-order chi connectivity index (χ1) is 8.98. The molecular weight excluding hydrogens is 250 g/mol. The molecule has 0 spiro atoms. The van der Waals surface area contributed by atoms with Crippen LogP contribution in [0.5, 0.6) is 0 Å². The highest BCUT2D eigenvalue weighted by molar-refractivity contribution is 7.99. The fraction of sp³-hybridized carbons (Fsp3) is 0.647. The summed E-state index contributed by atoms with van der Waals surface area (Å²) in [7, 11) is 0. The SMILES string of the molecule is CC1SCCCC1NC(c1ccccc1)C(C)(C)C. The maximum Gasteiger partial charge on any atom is 0.0371 e. The van der Waals surface area contributed by atoms with Crippen LogP contribution in [0.25, 0.3) is 0 Å². The van der Waals surface area contributed by atoms with Gasteiger partial charge in [-0.3, -0.25) is 0 Å². The monoisotopic (exact) mass is 277 g/mol. The minimum atomic E-state index is 0.239. The molecule has 0 amide bonds. The minimum absolute atomic E-state index is 0.239. The van der Waals surface area contributed by atoms with Crippen molar-refractivity contribution in [2.75, 3.05) is 5.75 Å². The quantitative estimate of drug-likeness (QED) is 0.863. The first-order valence-electron chi connectivity index (χ1n) is 7.41. The van der Waals surface area contributed by atoms with Crippen LogP contribution >= 0.6 is 11.8 Å². The Balaban J connectivity index is 2.15. The normalized spacial score (nSPS) is 26.1. The van der Waals surface area contributed by atoms with Gasteiger partial charge in [0, 0.05) is 17.3 Å². The molecule has 1 heterocycles. The second-order valence-electron chi connectivity index (χ2n) is 6.70. The van der Waals surface area contributed by atoms with Crippen LogP contribution in [-0.2, 0) is 0 Å². The van der Waals surface area contributed by atoms with Crippen LogP contribution in [0.4, 0.5) is 0 Å². The van der Waals surface area contributed by atoms with Crippen molar-refractivity contribution in [2.45, 2.75) is 57.9 Å². The van der Waals surface area contributed by atoms with E-state index in [4.69, 9.17) is 0 Å². The van der Waals surface area contributed by atoms with E-state index in [-0.39, 0.29) is 5.41 Å². The molecule has 1 aliphatic heterocycles. The average Bonchev–Trinajstić information content (AvgIpc) is 2.37. The van der Waals surface area contributed by atoms with Gasteiger partial charge in [0.1, 0.15) is 0 Å². The van der Waals surface area contributed by atoms with Gasteiger partial charge in [0.2, 0.25) is 0 Å². The van der Waals surface area contributed by atoms with E-state index in [0.717, 1.165) is 5.25 Å². The van der Waals surface area contributed by atoms with E-state index in [1.165, 1.54) is 24.2 Å². The number of rotatable bonds is 3.